The number of hydrogen-bond acceptors (Lipinski definition) is 5. The van der Waals surface area contributed by atoms with Gasteiger partial charge in [0.2, 0.25) is 12.7 Å². The van der Waals surface area contributed by atoms with Gasteiger partial charge < -0.3 is 9.47 Å². The van der Waals surface area contributed by atoms with E-state index in [1.807, 2.05) is 0 Å². The van der Waals surface area contributed by atoms with Crippen LogP contribution >= 0.6 is 15.9 Å². The lowest BCUT2D eigenvalue weighted by Crippen LogP contribution is -2.31. The van der Waals surface area contributed by atoms with Crippen LogP contribution in [0.1, 0.15) is 5.56 Å². The third-order valence-corrected chi connectivity index (χ3v) is 5.08. The molecule has 1 aliphatic rings. The molecule has 0 aromatic heterocycles. The normalized spacial score (nSPS) is 12.9. The van der Waals surface area contributed by atoms with E-state index in [-0.39, 0.29) is 18.1 Å². The van der Waals surface area contributed by atoms with Crippen molar-refractivity contribution < 1.29 is 22.7 Å². The predicted octanol–water partition coefficient (Wildman–Crippen LogP) is 2.23. The number of amides is 1. The average molecular weight is 398 g/mol. The first-order valence-corrected chi connectivity index (χ1v) is 8.91. The lowest BCUT2D eigenvalue weighted by Gasteiger charge is -2.08. The second kappa shape index (κ2) is 6.21. The molecule has 8 heteroatoms. The average Bonchev–Trinajstić information content (AvgIpc) is 2.96. The molecule has 6 nitrogen and oxygen atoms in total. The van der Waals surface area contributed by atoms with Crippen LogP contribution in [0.2, 0.25) is 0 Å². The lowest BCUT2D eigenvalue weighted by molar-refractivity contribution is -0.118. The van der Waals surface area contributed by atoms with Gasteiger partial charge in [-0.3, -0.25) is 4.79 Å². The minimum Gasteiger partial charge on any atom is -0.454 e. The molecule has 1 N–H and O–H groups in total. The summed E-state index contributed by atoms with van der Waals surface area (Å²) in [5.74, 6) is 0.211. The lowest BCUT2D eigenvalue weighted by atomic mass is 10.1. The number of sulfonamides is 1. The monoisotopic (exact) mass is 397 g/mol. The fourth-order valence-corrected chi connectivity index (χ4v) is 3.34. The van der Waals surface area contributed by atoms with E-state index >= 15 is 0 Å². The van der Waals surface area contributed by atoms with E-state index in [1.54, 1.807) is 24.3 Å². The van der Waals surface area contributed by atoms with Gasteiger partial charge in [0.05, 0.1) is 11.3 Å². The fourth-order valence-electron chi connectivity index (χ4n) is 2.08. The number of nitrogens with one attached hydrogen (secondary N) is 1. The van der Waals surface area contributed by atoms with Gasteiger partial charge in [-0.2, -0.15) is 0 Å². The van der Waals surface area contributed by atoms with Gasteiger partial charge in [0.15, 0.2) is 11.5 Å². The topological polar surface area (TPSA) is 81.7 Å². The highest BCUT2D eigenvalue weighted by atomic mass is 79.9. The molecule has 2 aromatic carbocycles. The number of hydrogen-bond donors (Lipinski definition) is 1. The highest BCUT2D eigenvalue weighted by molar-refractivity contribution is 9.10. The summed E-state index contributed by atoms with van der Waals surface area (Å²) in [6.07, 6.45) is -0.0307. The molecule has 0 spiro atoms. The van der Waals surface area contributed by atoms with Crippen LogP contribution in [0.15, 0.2) is 51.8 Å². The predicted molar refractivity (Wildman–Crippen MR) is 85.7 cm³/mol. The fraction of sp³-hybridized carbons (Fsp3) is 0.133. The van der Waals surface area contributed by atoms with Crippen LogP contribution in [0.3, 0.4) is 0 Å². The maximum Gasteiger partial charge on any atom is 0.264 e. The molecule has 3 rings (SSSR count). The third kappa shape index (κ3) is 3.65. The highest BCUT2D eigenvalue weighted by Gasteiger charge is 2.22. The van der Waals surface area contributed by atoms with Crippen LogP contribution in [0, 0.1) is 0 Å². The molecular weight excluding hydrogens is 386 g/mol. The molecule has 0 radical (unpaired) electrons. The zero-order valence-electron chi connectivity index (χ0n) is 11.8. The minimum absolute atomic E-state index is 0.0307. The first-order chi connectivity index (χ1) is 10.9. The van der Waals surface area contributed by atoms with Crippen molar-refractivity contribution in [1.29, 1.82) is 0 Å². The Hall–Kier alpha value is -2.06. The van der Waals surface area contributed by atoms with E-state index < -0.39 is 15.9 Å². The molecule has 0 bridgehead atoms. The molecule has 0 fully saturated rings. The maximum atomic E-state index is 12.3. The zero-order valence-corrected chi connectivity index (χ0v) is 14.2. The van der Waals surface area contributed by atoms with Crippen molar-refractivity contribution in [3.63, 3.8) is 0 Å². The first-order valence-electron chi connectivity index (χ1n) is 6.64. The molecule has 0 unspecified atom stereocenters. The van der Waals surface area contributed by atoms with E-state index in [2.05, 4.69) is 20.7 Å². The summed E-state index contributed by atoms with van der Waals surface area (Å²) in [4.78, 5) is 11.9. The van der Waals surface area contributed by atoms with Crippen LogP contribution in [0.5, 0.6) is 11.5 Å². The van der Waals surface area contributed by atoms with Crippen molar-refractivity contribution in [2.45, 2.75) is 11.3 Å². The largest absolute Gasteiger partial charge is 0.454 e. The molecule has 0 saturated carbocycles. The van der Waals surface area contributed by atoms with Gasteiger partial charge in [-0.15, -0.1) is 0 Å². The number of fused-ring (bicyclic) bond motifs is 1. The van der Waals surface area contributed by atoms with Gasteiger partial charge in [0.1, 0.15) is 0 Å². The second-order valence-corrected chi connectivity index (χ2v) is 7.45. The second-order valence-electron chi connectivity index (χ2n) is 4.85. The molecule has 1 amide bonds. The Kier molecular flexibility index (Phi) is 4.27. The van der Waals surface area contributed by atoms with Crippen molar-refractivity contribution in [3.05, 3.63) is 52.5 Å². The Morgan fingerprint density at radius 2 is 1.78 bits per heavy atom. The maximum absolute atomic E-state index is 12.3. The quantitative estimate of drug-likeness (QED) is 0.854. The SMILES string of the molecule is O=C(Cc1ccc(Br)cc1)NS(=O)(=O)c1ccc2c(c1)OCO2. The Morgan fingerprint density at radius 1 is 1.09 bits per heavy atom. The Labute approximate surface area is 141 Å². The molecule has 1 heterocycles. The molecule has 1 aliphatic heterocycles. The first kappa shape index (κ1) is 15.8. The van der Waals surface area contributed by atoms with Gasteiger partial charge in [0.25, 0.3) is 10.0 Å². The van der Waals surface area contributed by atoms with Gasteiger partial charge >= 0.3 is 0 Å². The summed E-state index contributed by atoms with van der Waals surface area (Å²) in [5, 5.41) is 0. The number of carbonyl (C=O) groups is 1. The van der Waals surface area contributed by atoms with Crippen molar-refractivity contribution in [3.8, 4) is 11.5 Å². The number of halogens is 1. The van der Waals surface area contributed by atoms with Gasteiger partial charge in [-0.05, 0) is 29.8 Å². The molecule has 0 aliphatic carbocycles. The van der Waals surface area contributed by atoms with Gasteiger partial charge in [-0.25, -0.2) is 13.1 Å². The smallest absolute Gasteiger partial charge is 0.264 e. The van der Waals surface area contributed by atoms with Crippen molar-refractivity contribution in [2.24, 2.45) is 0 Å². The Balaban J connectivity index is 1.73. The van der Waals surface area contributed by atoms with E-state index in [0.29, 0.717) is 17.1 Å². The molecule has 2 aromatic rings. The summed E-state index contributed by atoms with van der Waals surface area (Å²) in [7, 11) is -3.95. The number of carbonyl (C=O) groups excluding carboxylic acids is 1. The van der Waals surface area contributed by atoms with E-state index in [9.17, 15) is 13.2 Å². The van der Waals surface area contributed by atoms with Crippen molar-refractivity contribution in [1.82, 2.24) is 4.72 Å². The number of ether oxygens (including phenoxy) is 2. The van der Waals surface area contributed by atoms with Gasteiger partial charge in [0, 0.05) is 10.5 Å². The van der Waals surface area contributed by atoms with Crippen LogP contribution in [-0.4, -0.2) is 21.1 Å². The number of rotatable bonds is 4. The summed E-state index contributed by atoms with van der Waals surface area (Å²) in [6, 6.07) is 11.3. The summed E-state index contributed by atoms with van der Waals surface area (Å²) < 4.78 is 37.7. The molecule has 0 atom stereocenters. The summed E-state index contributed by atoms with van der Waals surface area (Å²) >= 11 is 3.30. The van der Waals surface area contributed by atoms with E-state index in [0.717, 1.165) is 4.47 Å². The van der Waals surface area contributed by atoms with Crippen LogP contribution in [0.25, 0.3) is 0 Å². The highest BCUT2D eigenvalue weighted by Crippen LogP contribution is 2.33. The van der Waals surface area contributed by atoms with Crippen molar-refractivity contribution >= 4 is 31.9 Å². The van der Waals surface area contributed by atoms with E-state index in [4.69, 9.17) is 9.47 Å². The standard InChI is InChI=1S/C15H12BrNO5S/c16-11-3-1-10(2-4-11)7-15(18)17-23(19,20)12-5-6-13-14(8-12)22-9-21-13/h1-6,8H,7,9H2,(H,17,18). The Bertz CT molecular complexity index is 849. The molecule has 0 saturated heterocycles. The van der Waals surface area contributed by atoms with Gasteiger partial charge in [-0.1, -0.05) is 28.1 Å². The third-order valence-electron chi connectivity index (χ3n) is 3.18. The zero-order chi connectivity index (χ0) is 16.4. The molecule has 23 heavy (non-hydrogen) atoms. The molecule has 120 valence electrons. The van der Waals surface area contributed by atoms with Crippen molar-refractivity contribution in [2.75, 3.05) is 6.79 Å². The Morgan fingerprint density at radius 3 is 2.52 bits per heavy atom. The summed E-state index contributed by atoms with van der Waals surface area (Å²) in [6.45, 7) is 0.0504. The summed E-state index contributed by atoms with van der Waals surface area (Å²) in [5.41, 5.74) is 0.714. The molecular formula is C15H12BrNO5S. The van der Waals surface area contributed by atoms with Crippen LogP contribution in [-0.2, 0) is 21.2 Å². The number of benzene rings is 2. The van der Waals surface area contributed by atoms with Crippen LogP contribution < -0.4 is 14.2 Å². The minimum atomic E-state index is -3.95. The van der Waals surface area contributed by atoms with E-state index in [1.165, 1.54) is 18.2 Å². The van der Waals surface area contributed by atoms with Crippen LogP contribution in [0.4, 0.5) is 0 Å².